The van der Waals surface area contributed by atoms with E-state index in [9.17, 15) is 27.6 Å². The molecule has 1 aromatic carbocycles. The van der Waals surface area contributed by atoms with Gasteiger partial charge >= 0.3 is 12.0 Å². The summed E-state index contributed by atoms with van der Waals surface area (Å²) >= 11 is 0. The lowest BCUT2D eigenvalue weighted by molar-refractivity contribution is -0.149. The summed E-state index contributed by atoms with van der Waals surface area (Å²) in [6, 6.07) is 4.77. The molecule has 3 amide bonds. The van der Waals surface area contributed by atoms with Crippen LogP contribution in [-0.4, -0.2) is 59.5 Å². The topological polar surface area (TPSA) is 91.8 Å². The molecule has 1 aliphatic heterocycles. The third-order valence-corrected chi connectivity index (χ3v) is 7.57. The molecule has 0 radical (unpaired) electrons. The minimum absolute atomic E-state index is 0.0671. The van der Waals surface area contributed by atoms with Crippen molar-refractivity contribution in [3.8, 4) is 0 Å². The Morgan fingerprint density at radius 3 is 2.27 bits per heavy atom. The highest BCUT2D eigenvalue weighted by atomic mass is 19.3. The van der Waals surface area contributed by atoms with Gasteiger partial charge < -0.3 is 15.0 Å². The van der Waals surface area contributed by atoms with E-state index >= 15 is 0 Å². The number of methoxy groups -OCH3 is 1. The molecule has 2 unspecified atom stereocenters. The predicted octanol–water partition coefficient (Wildman–Crippen LogP) is 5.13. The number of aromatic nitrogens is 1. The number of alkyl halides is 2. The van der Waals surface area contributed by atoms with Crippen LogP contribution < -0.4 is 10.2 Å². The van der Waals surface area contributed by atoms with Crippen LogP contribution in [0.25, 0.3) is 0 Å². The van der Waals surface area contributed by atoms with Crippen LogP contribution >= 0.6 is 0 Å². The zero-order chi connectivity index (χ0) is 29.2. The molecular weight excluding hydrogens is 525 g/mol. The molecule has 11 heteroatoms. The summed E-state index contributed by atoms with van der Waals surface area (Å²) in [7, 11) is 1.23. The average Bonchev–Trinajstić information content (AvgIpc) is 2.87. The van der Waals surface area contributed by atoms with Gasteiger partial charge in [-0.05, 0) is 48.4 Å². The van der Waals surface area contributed by atoms with E-state index in [1.807, 2.05) is 32.9 Å². The fourth-order valence-electron chi connectivity index (χ4n) is 5.09. The number of carbonyl (C=O) groups excluding carboxylic acids is 3. The number of rotatable bonds is 6. The highest BCUT2D eigenvalue weighted by Gasteiger charge is 2.45. The third kappa shape index (κ3) is 6.39. The Morgan fingerprint density at radius 2 is 1.75 bits per heavy atom. The fourth-order valence-corrected chi connectivity index (χ4v) is 5.09. The number of benzene rings is 1. The van der Waals surface area contributed by atoms with Gasteiger partial charge in [0.15, 0.2) is 0 Å². The first kappa shape index (κ1) is 29.4. The predicted molar refractivity (Wildman–Crippen MR) is 142 cm³/mol. The number of ether oxygens (including phenoxy) is 1. The van der Waals surface area contributed by atoms with Crippen molar-refractivity contribution in [2.75, 3.05) is 18.6 Å². The molecule has 0 bridgehead atoms. The van der Waals surface area contributed by atoms with Crippen molar-refractivity contribution in [2.24, 2.45) is 0 Å². The van der Waals surface area contributed by atoms with Crippen LogP contribution in [0.15, 0.2) is 42.7 Å². The van der Waals surface area contributed by atoms with Crippen molar-refractivity contribution in [3.05, 3.63) is 59.7 Å². The maximum atomic E-state index is 14.4. The SMILES string of the molecule is COC(=O)C1CCN1C(=O)N(c1ccc(C(C)(C)C)cc1)C(C(=O)NC1CCC(F)(F)CC1)c1cncc(F)c1. The van der Waals surface area contributed by atoms with Crippen LogP contribution in [-0.2, 0) is 19.7 Å². The van der Waals surface area contributed by atoms with Crippen molar-refractivity contribution < 1.29 is 32.3 Å². The van der Waals surface area contributed by atoms with E-state index in [1.165, 1.54) is 23.1 Å². The summed E-state index contributed by atoms with van der Waals surface area (Å²) in [4.78, 5) is 46.7. The zero-order valence-corrected chi connectivity index (χ0v) is 23.1. The number of hydrogen-bond acceptors (Lipinski definition) is 5. The third-order valence-electron chi connectivity index (χ3n) is 7.57. The van der Waals surface area contributed by atoms with Gasteiger partial charge in [-0.15, -0.1) is 0 Å². The summed E-state index contributed by atoms with van der Waals surface area (Å²) in [5.74, 6) is -4.74. The van der Waals surface area contributed by atoms with E-state index in [1.54, 1.807) is 12.1 Å². The number of pyridine rings is 1. The number of nitrogens with zero attached hydrogens (tertiary/aromatic N) is 3. The first-order chi connectivity index (χ1) is 18.8. The van der Waals surface area contributed by atoms with Gasteiger partial charge in [-0.1, -0.05) is 32.9 Å². The van der Waals surface area contributed by atoms with Gasteiger partial charge in [-0.3, -0.25) is 14.7 Å². The highest BCUT2D eigenvalue weighted by Crippen LogP contribution is 2.36. The van der Waals surface area contributed by atoms with Crippen LogP contribution in [0.3, 0.4) is 0 Å². The van der Waals surface area contributed by atoms with E-state index in [0.29, 0.717) is 12.1 Å². The molecule has 1 aliphatic carbocycles. The smallest absolute Gasteiger partial charge is 0.328 e. The lowest BCUT2D eigenvalue weighted by Gasteiger charge is -2.43. The normalized spacial score (nSPS) is 19.8. The van der Waals surface area contributed by atoms with E-state index in [0.717, 1.165) is 17.8 Å². The highest BCUT2D eigenvalue weighted by molar-refractivity contribution is 6.02. The van der Waals surface area contributed by atoms with Crippen molar-refractivity contribution in [1.29, 1.82) is 0 Å². The van der Waals surface area contributed by atoms with Crippen LogP contribution in [0.4, 0.5) is 23.7 Å². The molecule has 2 atom stereocenters. The van der Waals surface area contributed by atoms with E-state index in [-0.39, 0.29) is 43.2 Å². The van der Waals surface area contributed by atoms with E-state index < -0.39 is 47.8 Å². The lowest BCUT2D eigenvalue weighted by atomic mass is 9.87. The average molecular weight is 561 g/mol. The molecule has 0 spiro atoms. The Bertz CT molecular complexity index is 1240. The van der Waals surface area contributed by atoms with Gasteiger partial charge in [0.25, 0.3) is 0 Å². The molecular formula is C29H35F3N4O4. The Morgan fingerprint density at radius 1 is 1.10 bits per heavy atom. The molecule has 2 heterocycles. The second kappa shape index (κ2) is 11.5. The summed E-state index contributed by atoms with van der Waals surface area (Å²) < 4.78 is 46.8. The molecule has 4 rings (SSSR count). The summed E-state index contributed by atoms with van der Waals surface area (Å²) in [5.41, 5.74) is 1.24. The number of nitrogens with one attached hydrogen (secondary N) is 1. The maximum absolute atomic E-state index is 14.4. The number of amides is 3. The van der Waals surface area contributed by atoms with Gasteiger partial charge in [0.2, 0.25) is 11.8 Å². The molecule has 1 N–H and O–H groups in total. The molecule has 40 heavy (non-hydrogen) atoms. The first-order valence-electron chi connectivity index (χ1n) is 13.4. The Hall–Kier alpha value is -3.63. The van der Waals surface area contributed by atoms with Crippen molar-refractivity contribution in [3.63, 3.8) is 0 Å². The number of anilines is 1. The molecule has 1 aromatic heterocycles. The van der Waals surface area contributed by atoms with Crippen molar-refractivity contribution in [1.82, 2.24) is 15.2 Å². The minimum atomic E-state index is -2.79. The molecule has 216 valence electrons. The van der Waals surface area contributed by atoms with Gasteiger partial charge in [0.05, 0.1) is 13.3 Å². The second-order valence-electron chi connectivity index (χ2n) is 11.4. The van der Waals surface area contributed by atoms with Crippen LogP contribution in [0.1, 0.15) is 70.0 Å². The standard InChI is InChI=1S/C29H35F3N4O4/c1-28(2,3)19-5-7-22(8-6-19)36(27(39)35-14-11-23(35)26(38)40-4)24(18-15-20(30)17-33-16-18)25(37)34-21-9-12-29(31,32)13-10-21/h5-8,15-17,21,23-24H,9-14H2,1-4H3,(H,34,37). The number of hydrogen-bond donors (Lipinski definition) is 1. The molecule has 8 nitrogen and oxygen atoms in total. The maximum Gasteiger partial charge on any atom is 0.328 e. The summed E-state index contributed by atoms with van der Waals surface area (Å²) in [5, 5.41) is 2.81. The van der Waals surface area contributed by atoms with Gasteiger partial charge in [-0.2, -0.15) is 0 Å². The van der Waals surface area contributed by atoms with E-state index in [4.69, 9.17) is 4.74 Å². The number of carbonyl (C=O) groups is 3. The quantitative estimate of drug-likeness (QED) is 0.495. The summed E-state index contributed by atoms with van der Waals surface area (Å²) in [6.07, 6.45) is 2.07. The largest absolute Gasteiger partial charge is 0.467 e. The van der Waals surface area contributed by atoms with Gasteiger partial charge in [0, 0.05) is 42.9 Å². The molecule has 1 saturated carbocycles. The first-order valence-corrected chi connectivity index (χ1v) is 13.4. The van der Waals surface area contributed by atoms with Crippen LogP contribution in [0, 0.1) is 5.82 Å². The Kier molecular flexibility index (Phi) is 8.41. The Labute approximate surface area is 231 Å². The Balaban J connectivity index is 1.76. The molecule has 2 aromatic rings. The van der Waals surface area contributed by atoms with Gasteiger partial charge in [-0.25, -0.2) is 22.8 Å². The van der Waals surface area contributed by atoms with Gasteiger partial charge in [0.1, 0.15) is 17.9 Å². The number of halogens is 3. The van der Waals surface area contributed by atoms with Crippen LogP contribution in [0.5, 0.6) is 0 Å². The number of esters is 1. The number of likely N-dealkylation sites (tertiary alicyclic amines) is 1. The second-order valence-corrected chi connectivity index (χ2v) is 11.4. The number of urea groups is 1. The lowest BCUT2D eigenvalue weighted by Crippen LogP contribution is -2.61. The monoisotopic (exact) mass is 560 g/mol. The molecule has 2 fully saturated rings. The van der Waals surface area contributed by atoms with Crippen LogP contribution in [0.2, 0.25) is 0 Å². The van der Waals surface area contributed by atoms with E-state index in [2.05, 4.69) is 10.3 Å². The summed E-state index contributed by atoms with van der Waals surface area (Å²) in [6.45, 7) is 6.36. The molecule has 2 aliphatic rings. The minimum Gasteiger partial charge on any atom is -0.467 e. The van der Waals surface area contributed by atoms with Crippen molar-refractivity contribution >= 4 is 23.6 Å². The fraction of sp³-hybridized carbons (Fsp3) is 0.517. The van der Waals surface area contributed by atoms with Crippen molar-refractivity contribution in [2.45, 2.75) is 82.3 Å². The zero-order valence-electron chi connectivity index (χ0n) is 23.1. The molecule has 1 saturated heterocycles.